The van der Waals surface area contributed by atoms with E-state index in [9.17, 15) is 16.8 Å². The van der Waals surface area contributed by atoms with Gasteiger partial charge in [0.1, 0.15) is 0 Å². The summed E-state index contributed by atoms with van der Waals surface area (Å²) < 4.78 is 79.4. The maximum Gasteiger partial charge on any atom is 0.392 e. The third-order valence-electron chi connectivity index (χ3n) is 4.60. The average molecular weight is 471 g/mol. The van der Waals surface area contributed by atoms with E-state index in [1.807, 2.05) is 0 Å². The zero-order valence-corrected chi connectivity index (χ0v) is 19.7. The molecule has 0 bridgehead atoms. The van der Waals surface area contributed by atoms with Crippen molar-refractivity contribution in [1.82, 2.24) is 0 Å². The van der Waals surface area contributed by atoms with E-state index in [1.54, 1.807) is 24.3 Å². The third-order valence-corrected chi connectivity index (χ3v) is 8.61. The number of rotatable bonds is 14. The Kier molecular flexibility index (Phi) is 9.83. The van der Waals surface area contributed by atoms with Crippen LogP contribution in [-0.4, -0.2) is 81.6 Å². The maximum absolute atomic E-state index is 12.5. The number of methoxy groups -OCH3 is 6. The van der Waals surface area contributed by atoms with Gasteiger partial charge in [-0.05, 0) is 24.0 Å². The van der Waals surface area contributed by atoms with Gasteiger partial charge < -0.3 is 28.4 Å². The summed E-state index contributed by atoms with van der Waals surface area (Å²) >= 11 is 0. The van der Waals surface area contributed by atoms with Gasteiger partial charge in [-0.3, -0.25) is 0 Å². The summed E-state index contributed by atoms with van der Waals surface area (Å²) in [4.78, 5) is 0. The van der Waals surface area contributed by atoms with Crippen molar-refractivity contribution in [1.29, 1.82) is 0 Å². The van der Waals surface area contributed by atoms with Crippen LogP contribution in [0.25, 0.3) is 0 Å². The summed E-state index contributed by atoms with van der Waals surface area (Å²) in [5, 5.41) is -4.31. The molecule has 0 aliphatic rings. The first-order chi connectivity index (χ1) is 14.0. The molecule has 0 atom stereocenters. The maximum atomic E-state index is 12.5. The average Bonchev–Trinajstić information content (AvgIpc) is 2.74. The molecule has 0 aromatic heterocycles. The highest BCUT2D eigenvalue weighted by atomic mass is 32.2. The lowest BCUT2D eigenvalue weighted by atomic mass is 10.1. The molecule has 12 heteroatoms. The van der Waals surface area contributed by atoms with Crippen LogP contribution in [0, 0.1) is 0 Å². The monoisotopic (exact) mass is 470 g/mol. The van der Waals surface area contributed by atoms with Gasteiger partial charge in [0.2, 0.25) is 19.7 Å². The molecule has 30 heavy (non-hydrogen) atoms. The Bertz CT molecular complexity index is 765. The first-order valence-electron chi connectivity index (χ1n) is 8.85. The lowest BCUT2D eigenvalue weighted by Gasteiger charge is -2.27. The fraction of sp³-hybridized carbons (Fsp3) is 0.667. The summed E-state index contributed by atoms with van der Waals surface area (Å²) in [5.74, 6) is -0.539. The van der Waals surface area contributed by atoms with Gasteiger partial charge >= 0.3 is 10.6 Å². The molecular weight excluding hydrogens is 440 g/mol. The van der Waals surface area contributed by atoms with Crippen LogP contribution in [0.3, 0.4) is 0 Å². The van der Waals surface area contributed by atoms with E-state index < -0.39 is 30.3 Å². The Morgan fingerprint density at radius 2 is 0.800 bits per heavy atom. The van der Waals surface area contributed by atoms with Crippen LogP contribution in [0.1, 0.15) is 11.1 Å². The minimum atomic E-state index is -3.88. The zero-order valence-electron chi connectivity index (χ0n) is 18.0. The molecule has 1 aromatic rings. The van der Waals surface area contributed by atoms with Crippen LogP contribution in [0.4, 0.5) is 0 Å². The number of sulfone groups is 2. The molecule has 0 heterocycles. The SMILES string of the molecule is COC(OC)(OC)S(=O)(=O)CCc1ccc(CCS(=O)(=O)C(OC)(OC)OC)cc1. The van der Waals surface area contributed by atoms with Crippen LogP contribution in [0.5, 0.6) is 0 Å². The summed E-state index contributed by atoms with van der Waals surface area (Å²) in [6.45, 7) is 0. The standard InChI is InChI=1S/C18H30O10S2/c1-23-17(24-2,25-3)29(19,20)13-11-15-7-9-16(10-8-15)12-14-30(21,22)18(26-4,27-5)28-6/h7-10H,11-14H2,1-6H3. The summed E-state index contributed by atoms with van der Waals surface area (Å²) in [7, 11) is -0.694. The second-order valence-electron chi connectivity index (χ2n) is 6.18. The summed E-state index contributed by atoms with van der Waals surface area (Å²) in [6.07, 6.45) is 0.387. The van der Waals surface area contributed by atoms with Crippen molar-refractivity contribution in [3.8, 4) is 0 Å². The van der Waals surface area contributed by atoms with Gasteiger partial charge in [-0.15, -0.1) is 0 Å². The number of hydrogen-bond acceptors (Lipinski definition) is 10. The first kappa shape index (κ1) is 26.9. The van der Waals surface area contributed by atoms with Gasteiger partial charge in [0.05, 0.1) is 11.5 Å². The highest BCUT2D eigenvalue weighted by Crippen LogP contribution is 2.24. The predicted octanol–water partition coefficient (Wildman–Crippen LogP) is 0.702. The molecule has 0 amide bonds. The van der Waals surface area contributed by atoms with Gasteiger partial charge in [-0.25, -0.2) is 16.8 Å². The number of hydrogen-bond donors (Lipinski definition) is 0. The largest absolute Gasteiger partial charge is 0.392 e. The Labute approximate surface area is 178 Å². The van der Waals surface area contributed by atoms with Crippen molar-refractivity contribution in [3.05, 3.63) is 35.4 Å². The van der Waals surface area contributed by atoms with E-state index in [2.05, 4.69) is 0 Å². The van der Waals surface area contributed by atoms with Gasteiger partial charge in [0, 0.05) is 42.7 Å². The molecule has 10 nitrogen and oxygen atoms in total. The smallest absolute Gasteiger partial charge is 0.318 e. The van der Waals surface area contributed by atoms with Gasteiger partial charge in [0.25, 0.3) is 0 Å². The molecule has 0 fully saturated rings. The molecule has 1 rings (SSSR count). The minimum absolute atomic E-state index is 0.193. The second-order valence-corrected chi connectivity index (χ2v) is 10.5. The summed E-state index contributed by atoms with van der Waals surface area (Å²) in [6, 6.07) is 6.90. The van der Waals surface area contributed by atoms with E-state index in [4.69, 9.17) is 28.4 Å². The van der Waals surface area contributed by atoms with Crippen LogP contribution in [0.15, 0.2) is 24.3 Å². The molecule has 0 unspecified atom stereocenters. The molecule has 0 saturated heterocycles. The van der Waals surface area contributed by atoms with Crippen molar-refractivity contribution >= 4 is 19.7 Å². The topological polar surface area (TPSA) is 124 Å². The van der Waals surface area contributed by atoms with Gasteiger partial charge in [0.15, 0.2) is 0 Å². The lowest BCUT2D eigenvalue weighted by molar-refractivity contribution is -0.290. The van der Waals surface area contributed by atoms with Crippen molar-refractivity contribution in [2.24, 2.45) is 0 Å². The van der Waals surface area contributed by atoms with E-state index in [1.165, 1.54) is 42.7 Å². The molecule has 0 spiro atoms. The van der Waals surface area contributed by atoms with Crippen LogP contribution < -0.4 is 0 Å². The van der Waals surface area contributed by atoms with E-state index >= 15 is 0 Å². The van der Waals surface area contributed by atoms with E-state index in [-0.39, 0.29) is 24.3 Å². The molecule has 0 saturated carbocycles. The van der Waals surface area contributed by atoms with Gasteiger partial charge in [-0.1, -0.05) is 24.3 Å². The molecule has 0 aliphatic heterocycles. The van der Waals surface area contributed by atoms with Crippen molar-refractivity contribution in [2.75, 3.05) is 54.2 Å². The second kappa shape index (κ2) is 11.0. The number of benzene rings is 1. The van der Waals surface area contributed by atoms with Crippen molar-refractivity contribution < 1.29 is 45.3 Å². The minimum Gasteiger partial charge on any atom is -0.318 e. The highest BCUT2D eigenvalue weighted by Gasteiger charge is 2.46. The van der Waals surface area contributed by atoms with Crippen LogP contribution in [-0.2, 0) is 60.9 Å². The quantitative estimate of drug-likeness (QED) is 0.359. The third kappa shape index (κ3) is 5.56. The Balaban J connectivity index is 2.81. The Hall–Kier alpha value is -1.12. The number of ether oxygens (including phenoxy) is 6. The van der Waals surface area contributed by atoms with Crippen LogP contribution in [0.2, 0.25) is 0 Å². The molecule has 0 aliphatic carbocycles. The van der Waals surface area contributed by atoms with Crippen LogP contribution >= 0.6 is 0 Å². The normalized spacial score (nSPS) is 13.5. The molecular formula is C18H30O10S2. The fourth-order valence-electron chi connectivity index (χ4n) is 2.89. The van der Waals surface area contributed by atoms with Gasteiger partial charge in [-0.2, -0.15) is 0 Å². The molecule has 174 valence electrons. The first-order valence-corrected chi connectivity index (χ1v) is 12.2. The summed E-state index contributed by atoms with van der Waals surface area (Å²) in [5.41, 5.74) is 1.48. The molecule has 0 radical (unpaired) electrons. The Morgan fingerprint density at radius 1 is 0.567 bits per heavy atom. The Morgan fingerprint density at radius 3 is 1.00 bits per heavy atom. The highest BCUT2D eigenvalue weighted by molar-refractivity contribution is 7.92. The van der Waals surface area contributed by atoms with Crippen molar-refractivity contribution in [2.45, 2.75) is 23.5 Å². The zero-order chi connectivity index (χ0) is 23.1. The fourth-order valence-corrected chi connectivity index (χ4v) is 5.92. The van der Waals surface area contributed by atoms with E-state index in [0.717, 1.165) is 11.1 Å². The lowest BCUT2D eigenvalue weighted by Crippen LogP contribution is -2.46. The molecule has 1 aromatic carbocycles. The molecule has 0 N–H and O–H groups in total. The van der Waals surface area contributed by atoms with Crippen molar-refractivity contribution in [3.63, 3.8) is 0 Å². The van der Waals surface area contributed by atoms with E-state index in [0.29, 0.717) is 0 Å². The predicted molar refractivity (Wildman–Crippen MR) is 109 cm³/mol. The number of aryl methyl sites for hydroxylation is 2.